The first-order valence-electron chi connectivity index (χ1n) is 10.2. The molecule has 2 aromatic rings. The maximum absolute atomic E-state index is 13.8. The van der Waals surface area contributed by atoms with Crippen LogP contribution >= 0.6 is 21.6 Å². The summed E-state index contributed by atoms with van der Waals surface area (Å²) in [5, 5.41) is 0. The number of carbonyl (C=O) groups excluding carboxylic acids is 2. The molecule has 0 N–H and O–H groups in total. The molecule has 2 aromatic carbocycles. The van der Waals surface area contributed by atoms with Gasteiger partial charge in [-0.3, -0.25) is 9.59 Å². The van der Waals surface area contributed by atoms with Gasteiger partial charge in [-0.05, 0) is 48.2 Å². The van der Waals surface area contributed by atoms with Gasteiger partial charge in [0.15, 0.2) is 0 Å². The quantitative estimate of drug-likeness (QED) is 0.350. The van der Waals surface area contributed by atoms with Gasteiger partial charge in [0.2, 0.25) is 11.8 Å². The minimum absolute atomic E-state index is 0.173. The predicted molar refractivity (Wildman–Crippen MR) is 118 cm³/mol. The Morgan fingerprint density at radius 3 is 1.35 bits per heavy atom. The number of fused-ring (bicyclic) bond motifs is 2. The Bertz CT molecular complexity index is 1090. The van der Waals surface area contributed by atoms with Crippen molar-refractivity contribution in [3.05, 3.63) is 46.5 Å². The molecular formula is C22H18F6N2O2S2. The second-order valence-electron chi connectivity index (χ2n) is 7.96. The van der Waals surface area contributed by atoms with E-state index in [1.165, 1.54) is 35.8 Å². The van der Waals surface area contributed by atoms with Gasteiger partial charge in [-0.2, -0.15) is 26.3 Å². The van der Waals surface area contributed by atoms with Crippen LogP contribution in [0.1, 0.15) is 36.1 Å². The first-order chi connectivity index (χ1) is 15.8. The Labute approximate surface area is 199 Å². The highest BCUT2D eigenvalue weighted by Gasteiger charge is 2.39. The van der Waals surface area contributed by atoms with Crippen molar-refractivity contribution in [1.82, 2.24) is 0 Å². The fourth-order valence-corrected chi connectivity index (χ4v) is 6.61. The van der Waals surface area contributed by atoms with Crippen LogP contribution in [-0.4, -0.2) is 24.9 Å². The van der Waals surface area contributed by atoms with Crippen LogP contribution in [0.15, 0.2) is 34.1 Å². The predicted octanol–water partition coefficient (Wildman–Crippen LogP) is 6.34. The number of alkyl halides is 6. The largest absolute Gasteiger partial charge is 0.417 e. The first-order valence-corrected chi connectivity index (χ1v) is 12.3. The van der Waals surface area contributed by atoms with Crippen molar-refractivity contribution < 1.29 is 35.9 Å². The second-order valence-corrected chi connectivity index (χ2v) is 10.2. The molecule has 2 aliphatic rings. The number of benzene rings is 2. The number of halogens is 6. The van der Waals surface area contributed by atoms with E-state index >= 15 is 0 Å². The lowest BCUT2D eigenvalue weighted by Gasteiger charge is -2.20. The molecule has 2 heterocycles. The van der Waals surface area contributed by atoms with Gasteiger partial charge in [0, 0.05) is 48.1 Å². The van der Waals surface area contributed by atoms with Gasteiger partial charge in [0.05, 0.1) is 11.1 Å². The summed E-state index contributed by atoms with van der Waals surface area (Å²) in [6, 6.07) is 4.39. The lowest BCUT2D eigenvalue weighted by atomic mass is 10.1. The molecular weight excluding hydrogens is 502 g/mol. The standard InChI is InChI=1S/C22H18F6N2O2S2/c1-11(31)29-5-3-13-7-19(15(9-17(13)29)21(23,24)25)33-34-20-8-14-4-6-30(12(2)32)18(14)10-16(20)22(26,27)28/h7-10H,3-6H2,1-2H3. The smallest absolute Gasteiger partial charge is 0.312 e. The molecule has 0 aromatic heterocycles. The fraction of sp³-hybridized carbons (Fsp3) is 0.364. The monoisotopic (exact) mass is 520 g/mol. The van der Waals surface area contributed by atoms with Crippen molar-refractivity contribution >= 4 is 44.8 Å². The zero-order chi connectivity index (χ0) is 25.0. The molecule has 0 unspecified atom stereocenters. The molecule has 0 aliphatic carbocycles. The Morgan fingerprint density at radius 1 is 0.706 bits per heavy atom. The Hall–Kier alpha value is -2.34. The molecule has 12 heteroatoms. The second kappa shape index (κ2) is 8.71. The lowest BCUT2D eigenvalue weighted by molar-refractivity contribution is -0.140. The van der Waals surface area contributed by atoms with E-state index in [-0.39, 0.29) is 46.1 Å². The molecule has 0 bridgehead atoms. The maximum atomic E-state index is 13.8. The average molecular weight is 521 g/mol. The lowest BCUT2D eigenvalue weighted by Crippen LogP contribution is -2.26. The molecule has 0 spiro atoms. The summed E-state index contributed by atoms with van der Waals surface area (Å²) in [7, 11) is 1.20. The normalized spacial score (nSPS) is 15.5. The molecule has 0 saturated carbocycles. The number of hydrogen-bond acceptors (Lipinski definition) is 4. The summed E-state index contributed by atoms with van der Waals surface area (Å²) in [6.07, 6.45) is -8.79. The van der Waals surface area contributed by atoms with Gasteiger partial charge in [-0.25, -0.2) is 0 Å². The van der Waals surface area contributed by atoms with Crippen LogP contribution < -0.4 is 9.80 Å². The van der Waals surface area contributed by atoms with Crippen LogP contribution in [0.2, 0.25) is 0 Å². The van der Waals surface area contributed by atoms with Crippen molar-refractivity contribution in [3.8, 4) is 0 Å². The third-order valence-corrected chi connectivity index (χ3v) is 8.19. The Balaban J connectivity index is 1.72. The van der Waals surface area contributed by atoms with Crippen LogP contribution in [0, 0.1) is 0 Å². The van der Waals surface area contributed by atoms with E-state index in [4.69, 9.17) is 0 Å². The van der Waals surface area contributed by atoms with E-state index < -0.39 is 23.5 Å². The van der Waals surface area contributed by atoms with Gasteiger partial charge in [0.25, 0.3) is 0 Å². The molecule has 4 nitrogen and oxygen atoms in total. The number of nitrogens with zero attached hydrogens (tertiary/aromatic N) is 2. The summed E-state index contributed by atoms with van der Waals surface area (Å²) >= 11 is 0. The van der Waals surface area contributed by atoms with Crippen LogP contribution in [0.4, 0.5) is 37.7 Å². The van der Waals surface area contributed by atoms with E-state index in [1.54, 1.807) is 0 Å². The number of anilines is 2. The van der Waals surface area contributed by atoms with E-state index in [1.807, 2.05) is 0 Å². The maximum Gasteiger partial charge on any atom is 0.417 e. The van der Waals surface area contributed by atoms with E-state index in [9.17, 15) is 35.9 Å². The van der Waals surface area contributed by atoms with Gasteiger partial charge >= 0.3 is 12.4 Å². The zero-order valence-corrected chi connectivity index (χ0v) is 19.6. The van der Waals surface area contributed by atoms with Crippen molar-refractivity contribution in [2.45, 2.75) is 48.8 Å². The SMILES string of the molecule is CC(=O)N1CCc2cc(SSc3cc4c(cc3C(F)(F)F)N(C(C)=O)CC4)c(C(F)(F)F)cc21. The Morgan fingerprint density at radius 2 is 1.06 bits per heavy atom. The molecule has 4 rings (SSSR count). The number of carbonyl (C=O) groups is 2. The minimum Gasteiger partial charge on any atom is -0.312 e. The first kappa shape index (κ1) is 24.8. The van der Waals surface area contributed by atoms with Crippen molar-refractivity contribution in [2.75, 3.05) is 22.9 Å². The van der Waals surface area contributed by atoms with E-state index in [0.717, 1.165) is 12.1 Å². The topological polar surface area (TPSA) is 40.6 Å². The summed E-state index contributed by atoms with van der Waals surface area (Å²) < 4.78 is 82.8. The summed E-state index contributed by atoms with van der Waals surface area (Å²) in [5.74, 6) is -0.761. The molecule has 2 aliphatic heterocycles. The minimum atomic E-state index is -4.75. The van der Waals surface area contributed by atoms with Gasteiger partial charge < -0.3 is 9.80 Å². The van der Waals surface area contributed by atoms with Gasteiger partial charge in [-0.15, -0.1) is 0 Å². The van der Waals surface area contributed by atoms with E-state index in [0.29, 0.717) is 45.6 Å². The molecule has 2 amide bonds. The highest BCUT2D eigenvalue weighted by Crippen LogP contribution is 2.51. The molecule has 34 heavy (non-hydrogen) atoms. The van der Waals surface area contributed by atoms with Crippen LogP contribution in [0.5, 0.6) is 0 Å². The third kappa shape index (κ3) is 4.61. The van der Waals surface area contributed by atoms with E-state index in [2.05, 4.69) is 0 Å². The highest BCUT2D eigenvalue weighted by atomic mass is 33.1. The molecule has 0 fully saturated rings. The van der Waals surface area contributed by atoms with Crippen LogP contribution in [-0.2, 0) is 34.8 Å². The van der Waals surface area contributed by atoms with Crippen molar-refractivity contribution in [2.24, 2.45) is 0 Å². The summed E-state index contributed by atoms with van der Waals surface area (Å²) in [5.41, 5.74) is -0.593. The molecule has 0 radical (unpaired) electrons. The Kier molecular flexibility index (Phi) is 6.34. The number of hydrogen-bond donors (Lipinski definition) is 0. The molecule has 0 saturated heterocycles. The fourth-order valence-electron chi connectivity index (χ4n) is 4.15. The molecule has 182 valence electrons. The zero-order valence-electron chi connectivity index (χ0n) is 17.9. The number of amides is 2. The molecule has 0 atom stereocenters. The van der Waals surface area contributed by atoms with Gasteiger partial charge in [-0.1, -0.05) is 21.6 Å². The average Bonchev–Trinajstić information content (AvgIpc) is 3.32. The highest BCUT2D eigenvalue weighted by molar-refractivity contribution is 8.76. The summed E-state index contributed by atoms with van der Waals surface area (Å²) in [4.78, 5) is 25.6. The van der Waals surface area contributed by atoms with Crippen LogP contribution in [0.3, 0.4) is 0 Å². The third-order valence-electron chi connectivity index (χ3n) is 5.75. The summed E-state index contributed by atoms with van der Waals surface area (Å²) in [6.45, 7) is 3.03. The number of rotatable bonds is 3. The van der Waals surface area contributed by atoms with Gasteiger partial charge in [0.1, 0.15) is 0 Å². The van der Waals surface area contributed by atoms with Crippen molar-refractivity contribution in [1.29, 1.82) is 0 Å². The van der Waals surface area contributed by atoms with Crippen molar-refractivity contribution in [3.63, 3.8) is 0 Å². The van der Waals surface area contributed by atoms with Crippen LogP contribution in [0.25, 0.3) is 0 Å².